The van der Waals surface area contributed by atoms with Gasteiger partial charge in [-0.15, -0.1) is 0 Å². The van der Waals surface area contributed by atoms with Gasteiger partial charge in [0.1, 0.15) is 0 Å². The molecule has 0 aliphatic rings. The van der Waals surface area contributed by atoms with Crippen LogP contribution in [-0.4, -0.2) is 22.4 Å². The number of hydrogen-bond acceptors (Lipinski definition) is 3. The molecule has 0 bridgehead atoms. The third-order valence-electron chi connectivity index (χ3n) is 0. The molecule has 0 heterocycles. The summed E-state index contributed by atoms with van der Waals surface area (Å²) in [6, 6.07) is 0. The Labute approximate surface area is 105 Å². The summed E-state index contributed by atoms with van der Waals surface area (Å²) in [6.45, 7) is 0. The van der Waals surface area contributed by atoms with E-state index in [1.54, 1.807) is 0 Å². The van der Waals surface area contributed by atoms with E-state index in [1.165, 1.54) is 0 Å². The molecule has 0 aromatic carbocycles. The molecule has 0 aliphatic heterocycles. The third kappa shape index (κ3) is 54.5. The fourth-order valence-electron chi connectivity index (χ4n) is 0. The summed E-state index contributed by atoms with van der Waals surface area (Å²) >= 11 is 0. The molecule has 3 N–H and O–H groups in total. The molecule has 0 aromatic heterocycles. The number of rotatable bonds is 0. The van der Waals surface area contributed by atoms with Gasteiger partial charge in [0.05, 0.1) is 0 Å². The quantitative estimate of drug-likeness (QED) is 0.326. The molecule has 7 heteroatoms. The van der Waals surface area contributed by atoms with E-state index in [2.05, 4.69) is 0 Å². The molecular weight excluding hydrogens is 178 g/mol. The molecule has 0 atom stereocenters. The van der Waals surface area contributed by atoms with Gasteiger partial charge in [-0.05, 0) is 0 Å². The van der Waals surface area contributed by atoms with Crippen molar-refractivity contribution in [1.29, 1.82) is 0 Å². The van der Waals surface area contributed by atoms with Gasteiger partial charge in [0.15, 0.2) is 0 Å². The van der Waals surface area contributed by atoms with E-state index in [0.717, 1.165) is 0 Å². The van der Waals surface area contributed by atoms with Crippen LogP contribution in [0, 0.1) is 0 Å². The van der Waals surface area contributed by atoms with Gasteiger partial charge < -0.3 is 17.9 Å². The van der Waals surface area contributed by atoms with Gasteiger partial charge in [-0.25, -0.2) is 0 Å². The Morgan fingerprint density at radius 3 is 1.14 bits per heavy atom. The van der Waals surface area contributed by atoms with Crippen LogP contribution < -0.4 is 48.4 Å². The smallest absolute Gasteiger partial charge is 1.00 e. The zero-order valence-electron chi connectivity index (χ0n) is 6.50. The molecule has 3 nitrogen and oxygen atoms in total. The van der Waals surface area contributed by atoms with Crippen molar-refractivity contribution in [1.82, 2.24) is 0 Å². The summed E-state index contributed by atoms with van der Waals surface area (Å²) in [5, 5.41) is 21.5. The van der Waals surface area contributed by atoms with E-state index in [4.69, 9.17) is 15.1 Å². The second-order valence-electron chi connectivity index (χ2n) is 0.346. The van der Waals surface area contributed by atoms with Crippen molar-refractivity contribution in [3.63, 3.8) is 0 Å². The Morgan fingerprint density at radius 2 is 1.14 bits per heavy atom. The average molecular weight is 183 g/mol. The SMILES string of the molecule is OB(O)O.[H-].[H-].[Li+].[Na+].[Y]. The van der Waals surface area contributed by atoms with E-state index in [1.807, 2.05) is 0 Å². The molecule has 0 unspecified atom stereocenters. The maximum absolute atomic E-state index is 7.17. The van der Waals surface area contributed by atoms with Crippen molar-refractivity contribution in [2.75, 3.05) is 0 Å². The molecule has 0 spiro atoms. The van der Waals surface area contributed by atoms with Crippen LogP contribution in [0.4, 0.5) is 0 Å². The minimum Gasteiger partial charge on any atom is -1.00 e. The van der Waals surface area contributed by atoms with Gasteiger partial charge in [0.25, 0.3) is 0 Å². The first kappa shape index (κ1) is 22.6. The topological polar surface area (TPSA) is 60.7 Å². The molecule has 0 aliphatic carbocycles. The predicted octanol–water partition coefficient (Wildman–Crippen LogP) is -7.82. The normalized spacial score (nSPS) is 3.86. The van der Waals surface area contributed by atoms with Crippen LogP contribution in [0.5, 0.6) is 0 Å². The molecule has 0 rings (SSSR count). The molecule has 31 valence electrons. The van der Waals surface area contributed by atoms with Crippen LogP contribution in [-0.2, 0) is 32.7 Å². The molecule has 0 saturated heterocycles. The summed E-state index contributed by atoms with van der Waals surface area (Å²) in [7, 11) is -2.17. The van der Waals surface area contributed by atoms with Crippen LogP contribution in [0.3, 0.4) is 0 Å². The third-order valence-corrected chi connectivity index (χ3v) is 0. The Balaban J connectivity index is -0.00000000450. The molecule has 0 amide bonds. The first-order valence-corrected chi connectivity index (χ1v) is 0.775. The maximum Gasteiger partial charge on any atom is 1.00 e. The van der Waals surface area contributed by atoms with Crippen molar-refractivity contribution in [2.24, 2.45) is 0 Å². The second kappa shape index (κ2) is 15.9. The Hall–Kier alpha value is 2.65. The first-order chi connectivity index (χ1) is 1.73. The van der Waals surface area contributed by atoms with Crippen molar-refractivity contribution in [2.45, 2.75) is 0 Å². The molecular formula is H5BLiNaO3Y. The zero-order chi connectivity index (χ0) is 3.58. The molecule has 0 saturated carbocycles. The van der Waals surface area contributed by atoms with Crippen molar-refractivity contribution >= 4 is 7.32 Å². The Bertz CT molecular complexity index is 26.5. The van der Waals surface area contributed by atoms with E-state index in [0.29, 0.717) is 0 Å². The van der Waals surface area contributed by atoms with Gasteiger partial charge in [-0.3, -0.25) is 0 Å². The van der Waals surface area contributed by atoms with Crippen LogP contribution in [0.2, 0.25) is 0 Å². The van der Waals surface area contributed by atoms with Crippen molar-refractivity contribution in [3.05, 3.63) is 0 Å². The second-order valence-corrected chi connectivity index (χ2v) is 0.346. The van der Waals surface area contributed by atoms with E-state index >= 15 is 0 Å². The predicted molar refractivity (Wildman–Crippen MR) is 14.6 cm³/mol. The monoisotopic (exact) mass is 183 g/mol. The van der Waals surface area contributed by atoms with Crippen LogP contribution in [0.1, 0.15) is 2.85 Å². The number of hydrogen-bond donors (Lipinski definition) is 3. The van der Waals surface area contributed by atoms with Crippen LogP contribution in [0.25, 0.3) is 0 Å². The summed E-state index contributed by atoms with van der Waals surface area (Å²) in [5.74, 6) is 0. The summed E-state index contributed by atoms with van der Waals surface area (Å²) in [5.41, 5.74) is 0. The van der Waals surface area contributed by atoms with Crippen molar-refractivity contribution < 1.29 is 99.1 Å². The summed E-state index contributed by atoms with van der Waals surface area (Å²) < 4.78 is 0. The first-order valence-electron chi connectivity index (χ1n) is 0.775. The fourth-order valence-corrected chi connectivity index (χ4v) is 0. The van der Waals surface area contributed by atoms with Gasteiger partial charge in [0.2, 0.25) is 0 Å². The molecule has 0 fully saturated rings. The van der Waals surface area contributed by atoms with Gasteiger partial charge in [-0.2, -0.15) is 0 Å². The molecule has 1 radical (unpaired) electrons. The van der Waals surface area contributed by atoms with Gasteiger partial charge in [0, 0.05) is 32.7 Å². The van der Waals surface area contributed by atoms with Gasteiger partial charge in [-0.1, -0.05) is 0 Å². The summed E-state index contributed by atoms with van der Waals surface area (Å²) in [6.07, 6.45) is 0. The zero-order valence-corrected chi connectivity index (χ0v) is 9.33. The summed E-state index contributed by atoms with van der Waals surface area (Å²) in [4.78, 5) is 0. The van der Waals surface area contributed by atoms with E-state index in [-0.39, 0.29) is 84.0 Å². The van der Waals surface area contributed by atoms with Crippen LogP contribution >= 0.6 is 0 Å². The van der Waals surface area contributed by atoms with Crippen LogP contribution in [0.15, 0.2) is 0 Å². The molecule has 0 aromatic rings. The standard InChI is InChI=1S/BH3O3.Li.Na.Y.2H/c2-1(3)4;;;;;/h2-4H;;;;;/q;2*+1;;2*-1. The molecule has 7 heavy (non-hydrogen) atoms. The Morgan fingerprint density at radius 1 is 1.14 bits per heavy atom. The van der Waals surface area contributed by atoms with E-state index in [9.17, 15) is 0 Å². The average Bonchev–Trinajstić information content (AvgIpc) is 0.811. The van der Waals surface area contributed by atoms with Crippen molar-refractivity contribution in [3.8, 4) is 0 Å². The van der Waals surface area contributed by atoms with Gasteiger partial charge >= 0.3 is 55.7 Å². The largest absolute Gasteiger partial charge is 1.00 e. The Kier molecular flexibility index (Phi) is 51.2. The fraction of sp³-hybridized carbons (Fsp3) is 0. The van der Waals surface area contributed by atoms with E-state index < -0.39 is 7.32 Å². The minimum atomic E-state index is -2.17. The minimum absolute atomic E-state index is 0. The maximum atomic E-state index is 7.17.